The van der Waals surface area contributed by atoms with E-state index < -0.39 is 47.6 Å². The molecule has 3 aliphatic rings. The fourth-order valence-corrected chi connectivity index (χ4v) is 7.00. The molecule has 0 unspecified atom stereocenters. The Kier molecular flexibility index (Phi) is 9.01. The molecule has 2 saturated heterocycles. The SMILES string of the molecule is O=C(c1cn(C[C@]2(O)CCN(C(=O)[C@H](CO)CC(F)(F)F)CC23CCCC3)c(=O)cc1-c1ccccc1)N1CCOCC1. The molecular formula is C31H38F3N3O6. The summed E-state index contributed by atoms with van der Waals surface area (Å²) in [6.45, 7) is 0.605. The van der Waals surface area contributed by atoms with Gasteiger partial charge in [0.1, 0.15) is 0 Å². The molecule has 2 amide bonds. The van der Waals surface area contributed by atoms with Gasteiger partial charge in [0, 0.05) is 49.4 Å². The number of hydrogen-bond acceptors (Lipinski definition) is 6. The van der Waals surface area contributed by atoms with Crippen molar-refractivity contribution in [1.29, 1.82) is 0 Å². The number of piperidine rings is 1. The molecule has 1 saturated carbocycles. The standard InChI is InChI=1S/C31H38F3N3O6/c32-31(33,34)17-23(19-38)27(40)36-11-10-30(42,29(20-36)8-4-5-9-29)21-37-18-25(28(41)35-12-14-43-15-13-35)24(16-26(37)39)22-6-2-1-3-7-22/h1-3,6-7,16,18,23,38,42H,4-5,8-15,17,19-21H2/t23-,30+/m0/s1. The number of halogens is 3. The number of ether oxygens (including phenoxy) is 1. The summed E-state index contributed by atoms with van der Waals surface area (Å²) in [5.74, 6) is -2.64. The Labute approximate surface area is 247 Å². The van der Waals surface area contributed by atoms with E-state index >= 15 is 0 Å². The Balaban J connectivity index is 1.47. The molecule has 1 spiro atoms. The van der Waals surface area contributed by atoms with Crippen molar-refractivity contribution in [2.24, 2.45) is 11.3 Å². The number of rotatable bonds is 7. The first-order chi connectivity index (χ1) is 20.5. The zero-order chi connectivity index (χ0) is 30.8. The lowest BCUT2D eigenvalue weighted by molar-refractivity contribution is -0.175. The Morgan fingerprint density at radius 2 is 1.67 bits per heavy atom. The van der Waals surface area contributed by atoms with Crippen molar-refractivity contribution in [2.75, 3.05) is 46.0 Å². The largest absolute Gasteiger partial charge is 0.396 e. The molecule has 2 aromatic rings. The minimum atomic E-state index is -4.60. The molecule has 2 aliphatic heterocycles. The van der Waals surface area contributed by atoms with Crippen LogP contribution in [0.5, 0.6) is 0 Å². The van der Waals surface area contributed by atoms with Crippen LogP contribution in [0.15, 0.2) is 47.4 Å². The summed E-state index contributed by atoms with van der Waals surface area (Å²) in [7, 11) is 0. The van der Waals surface area contributed by atoms with Gasteiger partial charge in [-0.05, 0) is 24.8 Å². The second kappa shape index (κ2) is 12.4. The van der Waals surface area contributed by atoms with Crippen molar-refractivity contribution in [3.63, 3.8) is 0 Å². The Morgan fingerprint density at radius 3 is 2.30 bits per heavy atom. The fraction of sp³-hybridized carbons (Fsp3) is 0.581. The molecule has 0 bridgehead atoms. The third-order valence-corrected chi connectivity index (χ3v) is 9.37. The van der Waals surface area contributed by atoms with Crippen molar-refractivity contribution in [3.05, 3.63) is 58.5 Å². The van der Waals surface area contributed by atoms with Gasteiger partial charge < -0.3 is 29.3 Å². The van der Waals surface area contributed by atoms with E-state index in [0.29, 0.717) is 55.8 Å². The number of aliphatic hydroxyl groups excluding tert-OH is 1. The summed E-state index contributed by atoms with van der Waals surface area (Å²) < 4.78 is 46.0. The molecule has 1 aromatic carbocycles. The van der Waals surface area contributed by atoms with Crippen LogP contribution in [0.4, 0.5) is 13.2 Å². The number of aliphatic hydroxyl groups is 2. The minimum absolute atomic E-state index is 0.0120. The molecule has 3 fully saturated rings. The fourth-order valence-electron chi connectivity index (χ4n) is 7.00. The minimum Gasteiger partial charge on any atom is -0.396 e. The van der Waals surface area contributed by atoms with Crippen LogP contribution in [0.2, 0.25) is 0 Å². The number of carbonyl (C=O) groups excluding carboxylic acids is 2. The van der Waals surface area contributed by atoms with E-state index in [9.17, 15) is 37.8 Å². The second-order valence-corrected chi connectivity index (χ2v) is 12.1. The molecule has 2 atom stereocenters. The van der Waals surface area contributed by atoms with Crippen molar-refractivity contribution in [1.82, 2.24) is 14.4 Å². The van der Waals surface area contributed by atoms with E-state index in [-0.39, 0.29) is 32.0 Å². The predicted molar refractivity (Wildman–Crippen MR) is 151 cm³/mol. The number of nitrogens with zero attached hydrogens (tertiary/aromatic N) is 3. The average Bonchev–Trinajstić information content (AvgIpc) is 3.48. The number of benzene rings is 1. The third kappa shape index (κ3) is 6.51. The first-order valence-corrected chi connectivity index (χ1v) is 14.8. The zero-order valence-corrected chi connectivity index (χ0v) is 24.0. The Morgan fingerprint density at radius 1 is 1.00 bits per heavy atom. The molecular weight excluding hydrogens is 567 g/mol. The number of carbonyl (C=O) groups is 2. The predicted octanol–water partition coefficient (Wildman–Crippen LogP) is 3.07. The zero-order valence-electron chi connectivity index (χ0n) is 24.0. The lowest BCUT2D eigenvalue weighted by Crippen LogP contribution is -2.62. The van der Waals surface area contributed by atoms with E-state index in [4.69, 9.17) is 4.74 Å². The molecule has 9 nitrogen and oxygen atoms in total. The molecule has 12 heteroatoms. The van der Waals surface area contributed by atoms with E-state index in [1.54, 1.807) is 4.90 Å². The Hall–Kier alpha value is -3.22. The van der Waals surface area contributed by atoms with Crippen LogP contribution in [0.25, 0.3) is 11.1 Å². The maximum atomic E-state index is 13.7. The first-order valence-electron chi connectivity index (χ1n) is 14.8. The van der Waals surface area contributed by atoms with Gasteiger partial charge >= 0.3 is 6.18 Å². The number of alkyl halides is 3. The van der Waals surface area contributed by atoms with Crippen molar-refractivity contribution < 1.29 is 37.7 Å². The van der Waals surface area contributed by atoms with Crippen LogP contribution in [0.1, 0.15) is 48.9 Å². The number of aromatic nitrogens is 1. The van der Waals surface area contributed by atoms with Gasteiger partial charge in [-0.15, -0.1) is 0 Å². The van der Waals surface area contributed by atoms with Gasteiger partial charge in [-0.25, -0.2) is 0 Å². The number of hydrogen-bond donors (Lipinski definition) is 2. The second-order valence-electron chi connectivity index (χ2n) is 12.1. The molecule has 2 N–H and O–H groups in total. The third-order valence-electron chi connectivity index (χ3n) is 9.37. The van der Waals surface area contributed by atoms with Crippen LogP contribution in [-0.4, -0.2) is 94.2 Å². The van der Waals surface area contributed by atoms with E-state index in [1.807, 2.05) is 30.3 Å². The highest BCUT2D eigenvalue weighted by Crippen LogP contribution is 2.52. The van der Waals surface area contributed by atoms with Crippen LogP contribution >= 0.6 is 0 Å². The average molecular weight is 606 g/mol. The lowest BCUT2D eigenvalue weighted by Gasteiger charge is -2.52. The van der Waals surface area contributed by atoms with Crippen LogP contribution in [0, 0.1) is 11.3 Å². The van der Waals surface area contributed by atoms with Gasteiger partial charge in [0.25, 0.3) is 11.5 Å². The summed E-state index contributed by atoms with van der Waals surface area (Å²) in [6, 6.07) is 10.5. The lowest BCUT2D eigenvalue weighted by atomic mass is 9.65. The molecule has 5 rings (SSSR count). The van der Waals surface area contributed by atoms with Gasteiger partial charge in [-0.3, -0.25) is 14.4 Å². The van der Waals surface area contributed by atoms with E-state index in [0.717, 1.165) is 12.8 Å². The highest BCUT2D eigenvalue weighted by Gasteiger charge is 2.56. The van der Waals surface area contributed by atoms with E-state index in [1.165, 1.54) is 21.7 Å². The smallest absolute Gasteiger partial charge is 0.389 e. The maximum Gasteiger partial charge on any atom is 0.389 e. The number of likely N-dealkylation sites (tertiary alicyclic amines) is 1. The van der Waals surface area contributed by atoms with Gasteiger partial charge in [-0.1, -0.05) is 43.2 Å². The molecule has 1 aliphatic carbocycles. The Bertz CT molecular complexity index is 1370. The molecule has 0 radical (unpaired) electrons. The van der Waals surface area contributed by atoms with Crippen LogP contribution in [-0.2, 0) is 16.1 Å². The van der Waals surface area contributed by atoms with E-state index in [2.05, 4.69) is 0 Å². The summed E-state index contributed by atoms with van der Waals surface area (Å²) >= 11 is 0. The van der Waals surface area contributed by atoms with Crippen molar-refractivity contribution in [3.8, 4) is 11.1 Å². The summed E-state index contributed by atoms with van der Waals surface area (Å²) in [5.41, 5.74) is -1.17. The molecule has 234 valence electrons. The molecule has 3 heterocycles. The topological polar surface area (TPSA) is 112 Å². The van der Waals surface area contributed by atoms with Crippen LogP contribution in [0.3, 0.4) is 0 Å². The van der Waals surface area contributed by atoms with Crippen molar-refractivity contribution in [2.45, 2.75) is 56.8 Å². The summed E-state index contributed by atoms with van der Waals surface area (Å²) in [6.07, 6.45) is -1.88. The van der Waals surface area contributed by atoms with Crippen molar-refractivity contribution >= 4 is 11.8 Å². The van der Waals surface area contributed by atoms with Gasteiger partial charge in [0.2, 0.25) is 5.91 Å². The van der Waals surface area contributed by atoms with Crippen LogP contribution < -0.4 is 5.56 Å². The maximum absolute atomic E-state index is 13.7. The quantitative estimate of drug-likeness (QED) is 0.502. The van der Waals surface area contributed by atoms with Gasteiger partial charge in [-0.2, -0.15) is 13.2 Å². The monoisotopic (exact) mass is 605 g/mol. The first kappa shape index (κ1) is 31.2. The number of amides is 2. The summed E-state index contributed by atoms with van der Waals surface area (Å²) in [5, 5.41) is 21.8. The highest BCUT2D eigenvalue weighted by molar-refractivity contribution is 6.00. The molecule has 1 aromatic heterocycles. The van der Waals surface area contributed by atoms with Gasteiger partial charge in [0.05, 0.1) is 49.9 Å². The normalized spacial score (nSPS) is 23.0. The number of morpholine rings is 1. The van der Waals surface area contributed by atoms with Gasteiger partial charge in [0.15, 0.2) is 0 Å². The highest BCUT2D eigenvalue weighted by atomic mass is 19.4. The number of pyridine rings is 1. The molecule has 43 heavy (non-hydrogen) atoms. The summed E-state index contributed by atoms with van der Waals surface area (Å²) in [4.78, 5) is 43.4.